The normalized spacial score (nSPS) is 10.6. The van der Waals surface area contributed by atoms with Crippen LogP contribution >= 0.6 is 34.8 Å². The molecule has 0 aliphatic rings. The third kappa shape index (κ3) is 4.00. The summed E-state index contributed by atoms with van der Waals surface area (Å²) in [4.78, 5) is 4.36. The van der Waals surface area contributed by atoms with E-state index in [1.54, 1.807) is 30.3 Å². The van der Waals surface area contributed by atoms with Crippen molar-refractivity contribution < 1.29 is 4.74 Å². The zero-order chi connectivity index (χ0) is 14.5. The molecule has 0 spiro atoms. The van der Waals surface area contributed by atoms with Gasteiger partial charge in [-0.2, -0.15) is 0 Å². The molecule has 0 unspecified atom stereocenters. The van der Waals surface area contributed by atoms with Crippen molar-refractivity contribution in [2.45, 2.75) is 13.5 Å². The second kappa shape index (κ2) is 7.14. The minimum Gasteiger partial charge on any atom is -0.439 e. The number of benzene rings is 1. The van der Waals surface area contributed by atoms with Crippen molar-refractivity contribution in [2.24, 2.45) is 0 Å². The third-order valence-corrected chi connectivity index (χ3v) is 3.63. The van der Waals surface area contributed by atoms with Gasteiger partial charge in [0.05, 0.1) is 20.8 Å². The molecule has 1 aromatic carbocycles. The molecule has 1 aromatic heterocycles. The van der Waals surface area contributed by atoms with Gasteiger partial charge < -0.3 is 10.1 Å². The fourth-order valence-corrected chi connectivity index (χ4v) is 2.01. The second-order valence-corrected chi connectivity index (χ2v) is 5.26. The van der Waals surface area contributed by atoms with Crippen LogP contribution in [0.15, 0.2) is 30.3 Å². The highest BCUT2D eigenvalue weighted by Gasteiger charge is 2.07. The van der Waals surface area contributed by atoms with Crippen molar-refractivity contribution in [2.75, 3.05) is 6.54 Å². The predicted molar refractivity (Wildman–Crippen MR) is 83.2 cm³/mol. The van der Waals surface area contributed by atoms with Gasteiger partial charge in [-0.25, -0.2) is 4.98 Å². The van der Waals surface area contributed by atoms with Gasteiger partial charge in [-0.15, -0.1) is 0 Å². The lowest BCUT2D eigenvalue weighted by Crippen LogP contribution is -2.13. The smallest absolute Gasteiger partial charge is 0.219 e. The van der Waals surface area contributed by atoms with Crippen LogP contribution < -0.4 is 10.1 Å². The highest BCUT2D eigenvalue weighted by atomic mass is 35.5. The van der Waals surface area contributed by atoms with Crippen LogP contribution in [0.4, 0.5) is 0 Å². The molecule has 0 saturated carbocycles. The number of pyridine rings is 1. The number of ether oxygens (including phenoxy) is 1. The molecular weight excluding hydrogens is 319 g/mol. The molecule has 0 atom stereocenters. The van der Waals surface area contributed by atoms with E-state index in [1.807, 2.05) is 6.92 Å². The maximum absolute atomic E-state index is 6.08. The van der Waals surface area contributed by atoms with E-state index < -0.39 is 0 Å². The molecule has 0 radical (unpaired) electrons. The number of rotatable bonds is 5. The average Bonchev–Trinajstić information content (AvgIpc) is 2.43. The number of halogens is 3. The molecule has 0 bridgehead atoms. The van der Waals surface area contributed by atoms with Crippen LogP contribution in [0.1, 0.15) is 12.6 Å². The Kier molecular flexibility index (Phi) is 5.49. The summed E-state index contributed by atoms with van der Waals surface area (Å²) in [6.45, 7) is 3.45. The molecule has 2 rings (SSSR count). The van der Waals surface area contributed by atoms with Crippen molar-refractivity contribution >= 4 is 34.8 Å². The lowest BCUT2D eigenvalue weighted by atomic mass is 10.3. The molecule has 0 aliphatic carbocycles. The van der Waals surface area contributed by atoms with E-state index in [9.17, 15) is 0 Å². The number of aromatic nitrogens is 1. The van der Waals surface area contributed by atoms with Gasteiger partial charge in [0.1, 0.15) is 5.75 Å². The number of nitrogens with zero attached hydrogens (tertiary/aromatic N) is 1. The summed E-state index contributed by atoms with van der Waals surface area (Å²) in [6.07, 6.45) is 0. The number of hydrogen-bond acceptors (Lipinski definition) is 3. The van der Waals surface area contributed by atoms with E-state index in [0.29, 0.717) is 33.2 Å². The number of nitrogens with one attached hydrogen (secondary N) is 1. The van der Waals surface area contributed by atoms with Gasteiger partial charge in [0.25, 0.3) is 0 Å². The van der Waals surface area contributed by atoms with Crippen molar-refractivity contribution in [3.8, 4) is 11.6 Å². The standard InChI is InChI=1S/C14H13Cl3N2O/c1-2-18-8-13-11(16)5-6-14(19-13)20-9-3-4-10(15)12(17)7-9/h3-7,18H,2,8H2,1H3. The zero-order valence-electron chi connectivity index (χ0n) is 10.8. The highest BCUT2D eigenvalue weighted by Crippen LogP contribution is 2.29. The summed E-state index contributed by atoms with van der Waals surface area (Å²) in [5.41, 5.74) is 0.742. The molecule has 106 valence electrons. The monoisotopic (exact) mass is 330 g/mol. The van der Waals surface area contributed by atoms with Crippen molar-refractivity contribution in [3.63, 3.8) is 0 Å². The first-order valence-electron chi connectivity index (χ1n) is 6.09. The van der Waals surface area contributed by atoms with Crippen LogP contribution in [0.2, 0.25) is 15.1 Å². The molecule has 0 aliphatic heterocycles. The maximum Gasteiger partial charge on any atom is 0.219 e. The molecule has 0 saturated heterocycles. The van der Waals surface area contributed by atoms with E-state index in [-0.39, 0.29) is 0 Å². The lowest BCUT2D eigenvalue weighted by molar-refractivity contribution is 0.460. The SMILES string of the molecule is CCNCc1nc(Oc2ccc(Cl)c(Cl)c2)ccc1Cl. The van der Waals surface area contributed by atoms with Gasteiger partial charge in [-0.05, 0) is 24.7 Å². The van der Waals surface area contributed by atoms with Crippen molar-refractivity contribution in [1.82, 2.24) is 10.3 Å². The van der Waals surface area contributed by atoms with E-state index in [4.69, 9.17) is 39.5 Å². The summed E-state index contributed by atoms with van der Waals surface area (Å²) in [5.74, 6) is 1.03. The Morgan fingerprint density at radius 1 is 1.05 bits per heavy atom. The highest BCUT2D eigenvalue weighted by molar-refractivity contribution is 6.42. The van der Waals surface area contributed by atoms with Crippen LogP contribution in [0.3, 0.4) is 0 Å². The summed E-state index contributed by atoms with van der Waals surface area (Å²) in [7, 11) is 0. The Balaban J connectivity index is 2.18. The van der Waals surface area contributed by atoms with Gasteiger partial charge in [0.2, 0.25) is 5.88 Å². The van der Waals surface area contributed by atoms with Crippen LogP contribution in [0.25, 0.3) is 0 Å². The van der Waals surface area contributed by atoms with Crippen LogP contribution in [0, 0.1) is 0 Å². The van der Waals surface area contributed by atoms with Crippen LogP contribution in [-0.2, 0) is 6.54 Å². The van der Waals surface area contributed by atoms with Gasteiger partial charge in [-0.1, -0.05) is 41.7 Å². The summed E-state index contributed by atoms with van der Waals surface area (Å²) < 4.78 is 5.65. The Morgan fingerprint density at radius 3 is 2.50 bits per heavy atom. The fourth-order valence-electron chi connectivity index (χ4n) is 1.55. The first-order valence-corrected chi connectivity index (χ1v) is 7.22. The molecule has 6 heteroatoms. The van der Waals surface area contributed by atoms with Gasteiger partial charge in [-0.3, -0.25) is 0 Å². The third-order valence-electron chi connectivity index (χ3n) is 2.55. The van der Waals surface area contributed by atoms with Gasteiger partial charge in [0.15, 0.2) is 0 Å². The summed E-state index contributed by atoms with van der Waals surface area (Å²) in [5, 5.41) is 4.69. The molecule has 20 heavy (non-hydrogen) atoms. The largest absolute Gasteiger partial charge is 0.439 e. The predicted octanol–water partition coefficient (Wildman–Crippen LogP) is 4.94. The Morgan fingerprint density at radius 2 is 1.80 bits per heavy atom. The van der Waals surface area contributed by atoms with Crippen molar-refractivity contribution in [1.29, 1.82) is 0 Å². The lowest BCUT2D eigenvalue weighted by Gasteiger charge is -2.09. The van der Waals surface area contributed by atoms with Gasteiger partial charge in [0, 0.05) is 18.7 Å². The van der Waals surface area contributed by atoms with E-state index in [1.165, 1.54) is 0 Å². The van der Waals surface area contributed by atoms with Crippen LogP contribution in [-0.4, -0.2) is 11.5 Å². The maximum atomic E-state index is 6.08. The Hall–Kier alpha value is -1.000. The van der Waals surface area contributed by atoms with E-state index >= 15 is 0 Å². The zero-order valence-corrected chi connectivity index (χ0v) is 13.1. The topological polar surface area (TPSA) is 34.2 Å². The molecule has 3 nitrogen and oxygen atoms in total. The number of hydrogen-bond donors (Lipinski definition) is 1. The van der Waals surface area contributed by atoms with Crippen molar-refractivity contribution in [3.05, 3.63) is 51.1 Å². The molecule has 0 fully saturated rings. The first-order chi connectivity index (χ1) is 9.60. The Labute approximate surface area is 132 Å². The van der Waals surface area contributed by atoms with Gasteiger partial charge >= 0.3 is 0 Å². The minimum atomic E-state index is 0.436. The summed E-state index contributed by atoms with van der Waals surface area (Å²) >= 11 is 17.9. The van der Waals surface area contributed by atoms with E-state index in [0.717, 1.165) is 12.2 Å². The Bertz CT molecular complexity index is 605. The molecule has 1 N–H and O–H groups in total. The summed E-state index contributed by atoms with van der Waals surface area (Å²) in [6, 6.07) is 8.52. The van der Waals surface area contributed by atoms with E-state index in [2.05, 4.69) is 10.3 Å². The molecular formula is C14H13Cl3N2O. The molecule has 0 amide bonds. The fraction of sp³-hybridized carbons (Fsp3) is 0.214. The molecule has 1 heterocycles. The second-order valence-electron chi connectivity index (χ2n) is 4.04. The minimum absolute atomic E-state index is 0.436. The van der Waals surface area contributed by atoms with Crippen LogP contribution in [0.5, 0.6) is 11.6 Å². The quantitative estimate of drug-likeness (QED) is 0.842. The molecule has 2 aromatic rings. The first kappa shape index (κ1) is 15.4. The average molecular weight is 332 g/mol.